The van der Waals surface area contributed by atoms with Gasteiger partial charge in [-0.15, -0.1) is 0 Å². The Kier molecular flexibility index (Phi) is 3.73. The van der Waals surface area contributed by atoms with Gasteiger partial charge in [-0.05, 0) is 30.2 Å². The predicted octanol–water partition coefficient (Wildman–Crippen LogP) is 2.21. The van der Waals surface area contributed by atoms with Gasteiger partial charge in [-0.3, -0.25) is 4.79 Å². The third-order valence-corrected chi connectivity index (χ3v) is 2.68. The van der Waals surface area contributed by atoms with Gasteiger partial charge in [-0.2, -0.15) is 0 Å². The Morgan fingerprint density at radius 3 is 2.76 bits per heavy atom. The van der Waals surface area contributed by atoms with Crippen molar-refractivity contribution in [2.75, 3.05) is 6.54 Å². The second-order valence-electron chi connectivity index (χ2n) is 3.93. The highest BCUT2D eigenvalue weighted by Gasteiger charge is 2.11. The third-order valence-electron chi connectivity index (χ3n) is 2.68. The van der Waals surface area contributed by atoms with Crippen LogP contribution in [0.1, 0.15) is 21.5 Å². The molecule has 0 unspecified atom stereocenters. The first-order valence-corrected chi connectivity index (χ1v) is 5.63. The van der Waals surface area contributed by atoms with Gasteiger partial charge in [0.2, 0.25) is 0 Å². The molecule has 0 aliphatic heterocycles. The minimum Gasteiger partial charge on any atom is -0.472 e. The summed E-state index contributed by atoms with van der Waals surface area (Å²) < 4.78 is 4.96. The molecule has 1 aromatic heterocycles. The molecule has 0 saturated carbocycles. The van der Waals surface area contributed by atoms with E-state index in [4.69, 9.17) is 10.2 Å². The molecule has 88 valence electrons. The fraction of sp³-hybridized carbons (Fsp3) is 0.214. The first kappa shape index (κ1) is 11.6. The lowest BCUT2D eigenvalue weighted by molar-refractivity contribution is 0.0992. The van der Waals surface area contributed by atoms with Crippen LogP contribution in [0.25, 0.3) is 0 Å². The lowest BCUT2D eigenvalue weighted by Crippen LogP contribution is -2.10. The summed E-state index contributed by atoms with van der Waals surface area (Å²) in [5, 5.41) is 0. The van der Waals surface area contributed by atoms with Gasteiger partial charge in [0.1, 0.15) is 0 Å². The molecular weight excluding hydrogens is 214 g/mol. The van der Waals surface area contributed by atoms with E-state index in [0.717, 1.165) is 23.1 Å². The molecule has 2 rings (SSSR count). The molecule has 0 fully saturated rings. The summed E-state index contributed by atoms with van der Waals surface area (Å²) in [5.41, 5.74) is 8.22. The lowest BCUT2D eigenvalue weighted by Gasteiger charge is -2.06. The number of hydrogen-bond acceptors (Lipinski definition) is 3. The lowest BCUT2D eigenvalue weighted by atomic mass is 9.98. The van der Waals surface area contributed by atoms with Crippen LogP contribution in [0.15, 0.2) is 47.3 Å². The average Bonchev–Trinajstić information content (AvgIpc) is 2.83. The number of rotatable bonds is 5. The summed E-state index contributed by atoms with van der Waals surface area (Å²) in [6.45, 7) is 0.552. The van der Waals surface area contributed by atoms with Crippen LogP contribution in [-0.4, -0.2) is 12.3 Å². The molecule has 0 spiro atoms. The van der Waals surface area contributed by atoms with Crippen LogP contribution < -0.4 is 5.73 Å². The Bertz CT molecular complexity index is 489. The van der Waals surface area contributed by atoms with Crippen molar-refractivity contribution in [2.24, 2.45) is 5.73 Å². The number of hydrogen-bond donors (Lipinski definition) is 1. The largest absolute Gasteiger partial charge is 0.472 e. The molecular formula is C14H15NO2. The van der Waals surface area contributed by atoms with Crippen molar-refractivity contribution in [3.05, 3.63) is 59.5 Å². The molecule has 3 heteroatoms. The SMILES string of the molecule is NCCc1ccccc1C(=O)Cc1ccoc1. The fourth-order valence-corrected chi connectivity index (χ4v) is 1.84. The van der Waals surface area contributed by atoms with Crippen LogP contribution >= 0.6 is 0 Å². The monoisotopic (exact) mass is 229 g/mol. The van der Waals surface area contributed by atoms with Gasteiger partial charge in [0, 0.05) is 12.0 Å². The number of nitrogens with two attached hydrogens (primary N) is 1. The van der Waals surface area contributed by atoms with Crippen molar-refractivity contribution in [1.82, 2.24) is 0 Å². The molecule has 3 nitrogen and oxygen atoms in total. The van der Waals surface area contributed by atoms with Crippen LogP contribution in [0.5, 0.6) is 0 Å². The first-order chi connectivity index (χ1) is 8.31. The maximum absolute atomic E-state index is 12.1. The van der Waals surface area contributed by atoms with Crippen molar-refractivity contribution in [1.29, 1.82) is 0 Å². The quantitative estimate of drug-likeness (QED) is 0.800. The van der Waals surface area contributed by atoms with Crippen LogP contribution in [-0.2, 0) is 12.8 Å². The molecule has 0 aliphatic carbocycles. The van der Waals surface area contributed by atoms with Crippen molar-refractivity contribution >= 4 is 5.78 Å². The molecule has 1 aromatic carbocycles. The van der Waals surface area contributed by atoms with Crippen molar-refractivity contribution < 1.29 is 9.21 Å². The summed E-state index contributed by atoms with van der Waals surface area (Å²) in [6, 6.07) is 9.43. The van der Waals surface area contributed by atoms with Crippen molar-refractivity contribution in [3.8, 4) is 0 Å². The maximum atomic E-state index is 12.1. The zero-order valence-electron chi connectivity index (χ0n) is 9.56. The first-order valence-electron chi connectivity index (χ1n) is 5.63. The van der Waals surface area contributed by atoms with Gasteiger partial charge in [0.05, 0.1) is 12.5 Å². The van der Waals surface area contributed by atoms with E-state index in [1.165, 1.54) is 0 Å². The summed E-state index contributed by atoms with van der Waals surface area (Å²) >= 11 is 0. The Morgan fingerprint density at radius 2 is 2.06 bits per heavy atom. The zero-order chi connectivity index (χ0) is 12.1. The van der Waals surface area contributed by atoms with Crippen LogP contribution in [0.3, 0.4) is 0 Å². The van der Waals surface area contributed by atoms with E-state index >= 15 is 0 Å². The molecule has 0 atom stereocenters. The Labute approximate surface area is 100 Å². The van der Waals surface area contributed by atoms with Gasteiger partial charge in [0.15, 0.2) is 5.78 Å². The van der Waals surface area contributed by atoms with Crippen molar-refractivity contribution in [3.63, 3.8) is 0 Å². The van der Waals surface area contributed by atoms with E-state index in [2.05, 4.69) is 0 Å². The molecule has 0 saturated heterocycles. The number of carbonyl (C=O) groups excluding carboxylic acids is 1. The number of benzene rings is 1. The highest BCUT2D eigenvalue weighted by atomic mass is 16.3. The van der Waals surface area contributed by atoms with E-state index in [0.29, 0.717) is 13.0 Å². The summed E-state index contributed by atoms with van der Waals surface area (Å²) in [5.74, 6) is 0.107. The minimum atomic E-state index is 0.107. The minimum absolute atomic E-state index is 0.107. The number of Topliss-reactive ketones (excluding diaryl/α,β-unsaturated/α-hetero) is 1. The highest BCUT2D eigenvalue weighted by molar-refractivity contribution is 5.98. The number of ketones is 1. The molecule has 2 aromatic rings. The predicted molar refractivity (Wildman–Crippen MR) is 65.9 cm³/mol. The Hall–Kier alpha value is -1.87. The molecule has 1 heterocycles. The van der Waals surface area contributed by atoms with Gasteiger partial charge < -0.3 is 10.2 Å². The molecule has 0 aliphatic rings. The van der Waals surface area contributed by atoms with Gasteiger partial charge in [-0.25, -0.2) is 0 Å². The van der Waals surface area contributed by atoms with E-state index in [1.54, 1.807) is 12.5 Å². The van der Waals surface area contributed by atoms with E-state index in [9.17, 15) is 4.79 Å². The van der Waals surface area contributed by atoms with Crippen LogP contribution in [0.2, 0.25) is 0 Å². The number of furan rings is 1. The molecule has 2 N–H and O–H groups in total. The van der Waals surface area contributed by atoms with Gasteiger partial charge in [0.25, 0.3) is 0 Å². The molecule has 0 amide bonds. The Morgan fingerprint density at radius 1 is 1.24 bits per heavy atom. The van der Waals surface area contributed by atoms with E-state index < -0.39 is 0 Å². The average molecular weight is 229 g/mol. The smallest absolute Gasteiger partial charge is 0.167 e. The number of carbonyl (C=O) groups is 1. The van der Waals surface area contributed by atoms with Crippen molar-refractivity contribution in [2.45, 2.75) is 12.8 Å². The normalized spacial score (nSPS) is 10.4. The summed E-state index contributed by atoms with van der Waals surface area (Å²) in [7, 11) is 0. The molecule has 17 heavy (non-hydrogen) atoms. The molecule has 0 bridgehead atoms. The topological polar surface area (TPSA) is 56.2 Å². The van der Waals surface area contributed by atoms with Gasteiger partial charge >= 0.3 is 0 Å². The van der Waals surface area contributed by atoms with Crippen LogP contribution in [0, 0.1) is 0 Å². The maximum Gasteiger partial charge on any atom is 0.167 e. The van der Waals surface area contributed by atoms with Crippen LogP contribution in [0.4, 0.5) is 0 Å². The highest BCUT2D eigenvalue weighted by Crippen LogP contribution is 2.13. The second kappa shape index (κ2) is 5.46. The standard InChI is InChI=1S/C14H15NO2/c15-7-5-12-3-1-2-4-13(12)14(16)9-11-6-8-17-10-11/h1-4,6,8,10H,5,7,9,15H2. The third kappa shape index (κ3) is 2.82. The zero-order valence-corrected chi connectivity index (χ0v) is 9.56. The second-order valence-corrected chi connectivity index (χ2v) is 3.93. The molecule has 0 radical (unpaired) electrons. The van der Waals surface area contributed by atoms with Gasteiger partial charge in [-0.1, -0.05) is 24.3 Å². The van der Waals surface area contributed by atoms with E-state index in [-0.39, 0.29) is 5.78 Å². The Balaban J connectivity index is 2.18. The van der Waals surface area contributed by atoms with E-state index in [1.807, 2.05) is 30.3 Å². The fourth-order valence-electron chi connectivity index (χ4n) is 1.84. The summed E-state index contributed by atoms with van der Waals surface area (Å²) in [6.07, 6.45) is 4.28. The summed E-state index contributed by atoms with van der Waals surface area (Å²) in [4.78, 5) is 12.1.